The molecule has 20 heteroatoms. The van der Waals surface area contributed by atoms with Crippen molar-refractivity contribution in [3.63, 3.8) is 0 Å². The number of fused-ring (bicyclic) bond motifs is 7. The summed E-state index contributed by atoms with van der Waals surface area (Å²) in [6.07, 6.45) is -4.13. The van der Waals surface area contributed by atoms with E-state index in [9.17, 15) is 44.5 Å². The van der Waals surface area contributed by atoms with Crippen molar-refractivity contribution >= 4 is 23.5 Å². The van der Waals surface area contributed by atoms with Crippen LogP contribution in [0.1, 0.15) is 53.4 Å². The van der Waals surface area contributed by atoms with Gasteiger partial charge in [0.05, 0.1) is 18.6 Å². The average molecular weight is 732 g/mol. The highest BCUT2D eigenvalue weighted by atomic mass is 19.1. The molecule has 11 atom stereocenters. The number of esters is 2. The molecule has 1 aliphatic heterocycles. The number of ketones is 2. The second kappa shape index (κ2) is 13.1. The van der Waals surface area contributed by atoms with Crippen molar-refractivity contribution in [2.75, 3.05) is 19.8 Å². The number of hydrogen-bond donors (Lipinski definition) is 2. The van der Waals surface area contributed by atoms with Crippen LogP contribution in [0.25, 0.3) is 0 Å². The van der Waals surface area contributed by atoms with Crippen LogP contribution in [0.15, 0.2) is 23.8 Å². The summed E-state index contributed by atoms with van der Waals surface area (Å²) < 4.78 is 55.8. The number of aliphatic hydroxyl groups is 1. The first kappa shape index (κ1) is 38.1. The van der Waals surface area contributed by atoms with E-state index in [0.717, 1.165) is 12.2 Å². The molecule has 5 rings (SSSR count). The number of nitrogens with two attached hydrogens (primary N) is 1. The molecule has 4 aliphatic carbocycles. The van der Waals surface area contributed by atoms with Gasteiger partial charge in [-0.15, -0.1) is 20.2 Å². The minimum absolute atomic E-state index is 0.0394. The van der Waals surface area contributed by atoms with E-state index in [2.05, 4.69) is 9.68 Å². The largest absolute Gasteiger partial charge is 0.462 e. The molecule has 282 valence electrons. The number of ether oxygens (including phenoxy) is 4. The summed E-state index contributed by atoms with van der Waals surface area (Å²) in [5.74, 6) is -6.93. The van der Waals surface area contributed by atoms with Crippen LogP contribution >= 0.6 is 0 Å². The third kappa shape index (κ3) is 6.24. The fraction of sp³-hybridized carbons (Fsp3) is 0.742. The summed E-state index contributed by atoms with van der Waals surface area (Å²) >= 11 is 0. The SMILES string of the molecule is CC1(C)O[C@H]2CC3C4C[C@H](F)C5=CC(=O)C=C[C@]5(C)[C@@]4(F)[C@@H](O)C[C@]3(C)C2(C(=O)COC(=O)CC(N)C(=O)OCC(CO[N+](=O)[O-])O[N+](=O)[O-])O1. The van der Waals surface area contributed by atoms with Gasteiger partial charge in [-0.1, -0.05) is 13.0 Å². The second-order valence-electron chi connectivity index (χ2n) is 14.4. The lowest BCUT2D eigenvalue weighted by atomic mass is 9.44. The first-order valence-corrected chi connectivity index (χ1v) is 16.1. The van der Waals surface area contributed by atoms with Gasteiger partial charge in [-0.3, -0.25) is 19.2 Å². The van der Waals surface area contributed by atoms with Crippen LogP contribution in [0, 0.1) is 42.9 Å². The lowest BCUT2D eigenvalue weighted by molar-refractivity contribution is -0.790. The van der Waals surface area contributed by atoms with E-state index >= 15 is 8.78 Å². The number of halogens is 2. The molecule has 0 aromatic carbocycles. The standard InChI is InChI=1S/C31H39F2N3O15/c1-27(2)49-24-9-17-18-8-20(32)19-7-15(37)5-6-28(19,3)30(18,33)22(38)11-29(17,4)31(24,51-27)23(39)14-46-25(40)10-21(34)26(41)47-12-16(50-36(44)45)13-48-35(42)43/h5-7,16-18,20-22,24,38H,8-14,34H2,1-4H3/t16?,17?,18?,20-,21?,22-,24-,28-,29-,30-,31?/m0/s1. The van der Waals surface area contributed by atoms with Gasteiger partial charge in [0, 0.05) is 16.7 Å². The molecule has 0 aromatic rings. The molecular formula is C31H39F2N3O15. The Morgan fingerprint density at radius 2 is 1.78 bits per heavy atom. The van der Waals surface area contributed by atoms with E-state index in [1.807, 2.05) is 0 Å². The highest BCUT2D eigenvalue weighted by molar-refractivity contribution is 6.01. The summed E-state index contributed by atoms with van der Waals surface area (Å²) in [6, 6.07) is -1.69. The van der Waals surface area contributed by atoms with E-state index in [4.69, 9.17) is 24.7 Å². The Morgan fingerprint density at radius 3 is 2.43 bits per heavy atom. The van der Waals surface area contributed by atoms with Gasteiger partial charge in [0.25, 0.3) is 10.2 Å². The number of Topliss-reactive ketones (excluding diaryl/α,β-unsaturated/α-hetero) is 1. The normalized spacial score (nSPS) is 38.5. The summed E-state index contributed by atoms with van der Waals surface area (Å²) in [7, 11) is 0. The number of carbonyl (C=O) groups excluding carboxylic acids is 4. The minimum Gasteiger partial charge on any atom is -0.462 e. The summed E-state index contributed by atoms with van der Waals surface area (Å²) in [5.41, 5.74) is -1.67. The smallest absolute Gasteiger partial charge is 0.323 e. The molecular weight excluding hydrogens is 692 g/mol. The molecule has 0 amide bonds. The Kier molecular flexibility index (Phi) is 9.80. The van der Waals surface area contributed by atoms with Gasteiger partial charge in [0.15, 0.2) is 35.6 Å². The number of alkyl halides is 2. The van der Waals surface area contributed by atoms with Gasteiger partial charge in [0.1, 0.15) is 25.4 Å². The van der Waals surface area contributed by atoms with Gasteiger partial charge in [-0.25, -0.2) is 8.78 Å². The van der Waals surface area contributed by atoms with Crippen molar-refractivity contribution in [2.24, 2.45) is 28.4 Å². The van der Waals surface area contributed by atoms with Crippen molar-refractivity contribution < 1.29 is 71.9 Å². The minimum atomic E-state index is -2.42. The Balaban J connectivity index is 1.30. The van der Waals surface area contributed by atoms with Gasteiger partial charge in [0.2, 0.25) is 5.78 Å². The predicted octanol–water partition coefficient (Wildman–Crippen LogP) is 0.964. The predicted molar refractivity (Wildman–Crippen MR) is 161 cm³/mol. The van der Waals surface area contributed by atoms with E-state index in [0.29, 0.717) is 0 Å². The molecule has 3 N–H and O–H groups in total. The molecule has 0 radical (unpaired) electrons. The second-order valence-corrected chi connectivity index (χ2v) is 14.4. The molecule has 1 saturated heterocycles. The third-order valence-corrected chi connectivity index (χ3v) is 11.1. The summed E-state index contributed by atoms with van der Waals surface area (Å²) in [6.45, 7) is 3.41. The van der Waals surface area contributed by atoms with Crippen LogP contribution in [-0.2, 0) is 47.8 Å². The maximum absolute atomic E-state index is 17.6. The number of nitrogens with zero attached hydrogens (tertiary/aromatic N) is 2. The average Bonchev–Trinajstić information content (AvgIpc) is 3.44. The molecule has 0 bridgehead atoms. The van der Waals surface area contributed by atoms with Crippen molar-refractivity contribution in [1.29, 1.82) is 0 Å². The first-order chi connectivity index (χ1) is 23.6. The molecule has 1 heterocycles. The van der Waals surface area contributed by atoms with E-state index in [-0.39, 0.29) is 24.8 Å². The summed E-state index contributed by atoms with van der Waals surface area (Å²) in [4.78, 5) is 80.5. The monoisotopic (exact) mass is 731 g/mol. The summed E-state index contributed by atoms with van der Waals surface area (Å²) in [5, 5.41) is 30.1. The van der Waals surface area contributed by atoms with E-state index < -0.39 is 130 Å². The zero-order chi connectivity index (χ0) is 37.9. The third-order valence-electron chi connectivity index (χ3n) is 11.1. The van der Waals surface area contributed by atoms with Gasteiger partial charge >= 0.3 is 11.9 Å². The first-order valence-electron chi connectivity index (χ1n) is 16.1. The lowest BCUT2D eigenvalue weighted by Crippen LogP contribution is -2.71. The van der Waals surface area contributed by atoms with Crippen LogP contribution in [0.4, 0.5) is 8.78 Å². The zero-order valence-electron chi connectivity index (χ0n) is 28.1. The quantitative estimate of drug-likeness (QED) is 0.152. The van der Waals surface area contributed by atoms with Crippen LogP contribution in [0.5, 0.6) is 0 Å². The van der Waals surface area contributed by atoms with E-state index in [1.165, 1.54) is 13.0 Å². The fourth-order valence-corrected chi connectivity index (χ4v) is 9.03. The Bertz CT molecular complexity index is 1570. The Hall–Kier alpha value is -4.14. The Morgan fingerprint density at radius 1 is 1.10 bits per heavy atom. The highest BCUT2D eigenvalue weighted by Gasteiger charge is 2.80. The van der Waals surface area contributed by atoms with Gasteiger partial charge in [-0.2, -0.15) is 0 Å². The molecule has 51 heavy (non-hydrogen) atoms. The van der Waals surface area contributed by atoms with Crippen LogP contribution in [0.3, 0.4) is 0 Å². The molecule has 4 fully saturated rings. The number of carbonyl (C=O) groups is 4. The van der Waals surface area contributed by atoms with Crippen LogP contribution in [-0.4, -0.2) is 106 Å². The highest BCUT2D eigenvalue weighted by Crippen LogP contribution is 2.72. The van der Waals surface area contributed by atoms with E-state index in [1.54, 1.807) is 20.8 Å². The van der Waals surface area contributed by atoms with Crippen molar-refractivity contribution in [1.82, 2.24) is 0 Å². The van der Waals surface area contributed by atoms with Crippen LogP contribution in [0.2, 0.25) is 0 Å². The molecule has 5 aliphatic rings. The number of hydrogen-bond acceptors (Lipinski definition) is 16. The Labute approximate surface area is 288 Å². The lowest BCUT2D eigenvalue weighted by Gasteiger charge is -2.63. The van der Waals surface area contributed by atoms with Crippen molar-refractivity contribution in [2.45, 2.75) is 101 Å². The van der Waals surface area contributed by atoms with Gasteiger partial charge in [-0.05, 0) is 63.7 Å². The number of aliphatic hydroxyl groups excluding tert-OH is 1. The fourth-order valence-electron chi connectivity index (χ4n) is 9.03. The molecule has 18 nitrogen and oxygen atoms in total. The molecule has 0 spiro atoms. The number of allylic oxidation sites excluding steroid dienone is 4. The maximum atomic E-state index is 17.6. The van der Waals surface area contributed by atoms with Crippen LogP contribution < -0.4 is 5.73 Å². The zero-order valence-corrected chi connectivity index (χ0v) is 28.1. The molecule has 0 aromatic heterocycles. The molecule has 3 saturated carbocycles. The topological polar surface area (TPSA) is 256 Å². The van der Waals surface area contributed by atoms with Crippen molar-refractivity contribution in [3.8, 4) is 0 Å². The van der Waals surface area contributed by atoms with Crippen molar-refractivity contribution in [3.05, 3.63) is 44.0 Å². The number of rotatable bonds is 13. The molecule has 5 unspecified atom stereocenters. The van der Waals surface area contributed by atoms with Gasteiger partial charge < -0.3 is 39.5 Å². The maximum Gasteiger partial charge on any atom is 0.323 e.